The molecule has 28 heavy (non-hydrogen) atoms. The summed E-state index contributed by atoms with van der Waals surface area (Å²) in [5.74, 6) is 0.182. The summed E-state index contributed by atoms with van der Waals surface area (Å²) in [5.41, 5.74) is 2.52. The fraction of sp³-hybridized carbons (Fsp3) is 0.476. The average Bonchev–Trinajstić information content (AvgIpc) is 3.02. The van der Waals surface area contributed by atoms with Crippen molar-refractivity contribution in [2.24, 2.45) is 4.99 Å². The molecule has 6 nitrogen and oxygen atoms in total. The van der Waals surface area contributed by atoms with Crippen LogP contribution < -0.4 is 0 Å². The molecule has 0 aliphatic carbocycles. The highest BCUT2D eigenvalue weighted by Gasteiger charge is 2.30. The number of Topliss-reactive ketones (excluding diaryl/α,β-unsaturated/α-hetero) is 1. The first-order valence-electron chi connectivity index (χ1n) is 9.68. The van der Waals surface area contributed by atoms with Crippen molar-refractivity contribution < 1.29 is 9.59 Å². The molecule has 2 heterocycles. The Morgan fingerprint density at radius 2 is 1.82 bits per heavy atom. The van der Waals surface area contributed by atoms with E-state index in [1.165, 1.54) is 0 Å². The third kappa shape index (κ3) is 4.47. The molecule has 1 unspecified atom stereocenters. The van der Waals surface area contributed by atoms with E-state index in [4.69, 9.17) is 0 Å². The van der Waals surface area contributed by atoms with Crippen LogP contribution in [0.1, 0.15) is 31.1 Å². The smallest absolute Gasteiger partial charge is 0.253 e. The SMILES string of the molecule is CCN1C(C)=C(C(C)=O)SC1C=Nc1ccc(C(=O)N2CCN(C)CC2)cc1. The van der Waals surface area contributed by atoms with Crippen LogP contribution in [-0.2, 0) is 4.79 Å². The van der Waals surface area contributed by atoms with Gasteiger partial charge in [-0.25, -0.2) is 0 Å². The number of rotatable bonds is 5. The van der Waals surface area contributed by atoms with Crippen molar-refractivity contribution in [2.75, 3.05) is 39.8 Å². The predicted octanol–water partition coefficient (Wildman–Crippen LogP) is 2.99. The molecule has 2 aliphatic heterocycles. The zero-order chi connectivity index (χ0) is 20.3. The lowest BCUT2D eigenvalue weighted by Crippen LogP contribution is -2.47. The van der Waals surface area contributed by atoms with Gasteiger partial charge in [0.15, 0.2) is 5.78 Å². The second-order valence-electron chi connectivity index (χ2n) is 7.19. The summed E-state index contributed by atoms with van der Waals surface area (Å²) in [5, 5.41) is 0.0237. The van der Waals surface area contributed by atoms with Gasteiger partial charge in [-0.05, 0) is 52.1 Å². The van der Waals surface area contributed by atoms with Crippen molar-refractivity contribution in [3.8, 4) is 0 Å². The molecule has 1 aromatic rings. The van der Waals surface area contributed by atoms with Crippen molar-refractivity contribution in [2.45, 2.75) is 26.1 Å². The number of nitrogens with zero attached hydrogens (tertiary/aromatic N) is 4. The Kier molecular flexibility index (Phi) is 6.57. The highest BCUT2D eigenvalue weighted by molar-refractivity contribution is 8.05. The van der Waals surface area contributed by atoms with Gasteiger partial charge in [0.05, 0.1) is 10.6 Å². The molecule has 2 aliphatic rings. The molecule has 0 N–H and O–H groups in total. The molecule has 7 heteroatoms. The minimum absolute atomic E-state index is 0.0237. The third-order valence-corrected chi connectivity index (χ3v) is 6.66. The van der Waals surface area contributed by atoms with E-state index in [1.54, 1.807) is 18.7 Å². The summed E-state index contributed by atoms with van der Waals surface area (Å²) >= 11 is 1.55. The largest absolute Gasteiger partial charge is 0.357 e. The Hall–Kier alpha value is -2.12. The van der Waals surface area contributed by atoms with Gasteiger partial charge in [-0.3, -0.25) is 14.6 Å². The molecule has 0 saturated carbocycles. The molecule has 1 fully saturated rings. The summed E-state index contributed by atoms with van der Waals surface area (Å²) in [6.45, 7) is 9.86. The maximum absolute atomic E-state index is 12.6. The van der Waals surface area contributed by atoms with Crippen LogP contribution >= 0.6 is 11.8 Å². The van der Waals surface area contributed by atoms with Crippen molar-refractivity contribution in [1.29, 1.82) is 0 Å². The number of benzene rings is 1. The normalized spacial score (nSPS) is 21.1. The fourth-order valence-corrected chi connectivity index (χ4v) is 4.74. The number of allylic oxidation sites excluding steroid dienone is 2. The Balaban J connectivity index is 1.64. The molecule has 0 radical (unpaired) electrons. The van der Waals surface area contributed by atoms with Crippen LogP contribution in [0.15, 0.2) is 39.9 Å². The lowest BCUT2D eigenvalue weighted by Gasteiger charge is -2.32. The monoisotopic (exact) mass is 400 g/mol. The molecule has 3 rings (SSSR count). The second-order valence-corrected chi connectivity index (χ2v) is 8.31. The predicted molar refractivity (Wildman–Crippen MR) is 115 cm³/mol. The molecule has 1 aromatic carbocycles. The van der Waals surface area contributed by atoms with Crippen molar-refractivity contribution >= 4 is 35.4 Å². The summed E-state index contributed by atoms with van der Waals surface area (Å²) in [6.07, 6.45) is 1.88. The van der Waals surface area contributed by atoms with Gasteiger partial charge in [-0.2, -0.15) is 0 Å². The Morgan fingerprint density at radius 3 is 2.39 bits per heavy atom. The molecular weight excluding hydrogens is 372 g/mol. The van der Waals surface area contributed by atoms with Crippen LogP contribution in [0.3, 0.4) is 0 Å². The first-order valence-corrected chi connectivity index (χ1v) is 10.6. The topological polar surface area (TPSA) is 56.2 Å². The van der Waals surface area contributed by atoms with Gasteiger partial charge in [-0.15, -0.1) is 0 Å². The van der Waals surface area contributed by atoms with E-state index in [2.05, 4.69) is 28.8 Å². The first kappa shape index (κ1) is 20.6. The molecule has 1 amide bonds. The first-order chi connectivity index (χ1) is 13.4. The van der Waals surface area contributed by atoms with E-state index in [0.717, 1.165) is 49.0 Å². The van der Waals surface area contributed by atoms with Crippen LogP contribution in [0.2, 0.25) is 0 Å². The van der Waals surface area contributed by atoms with Crippen LogP contribution in [0.5, 0.6) is 0 Å². The summed E-state index contributed by atoms with van der Waals surface area (Å²) < 4.78 is 0. The molecule has 0 bridgehead atoms. The second kappa shape index (κ2) is 8.92. The number of ketones is 1. The van der Waals surface area contributed by atoms with E-state index in [-0.39, 0.29) is 17.1 Å². The summed E-state index contributed by atoms with van der Waals surface area (Å²) in [4.78, 5) is 36.1. The van der Waals surface area contributed by atoms with E-state index in [9.17, 15) is 9.59 Å². The van der Waals surface area contributed by atoms with Gasteiger partial charge in [-0.1, -0.05) is 11.8 Å². The highest BCUT2D eigenvalue weighted by atomic mass is 32.2. The molecule has 0 aromatic heterocycles. The fourth-order valence-electron chi connectivity index (χ4n) is 3.49. The number of piperazine rings is 1. The maximum atomic E-state index is 12.6. The minimum Gasteiger partial charge on any atom is -0.357 e. The van der Waals surface area contributed by atoms with Gasteiger partial charge in [0.2, 0.25) is 0 Å². The molecule has 1 saturated heterocycles. The van der Waals surface area contributed by atoms with E-state index in [1.807, 2.05) is 42.3 Å². The van der Waals surface area contributed by atoms with Crippen molar-refractivity contribution in [3.63, 3.8) is 0 Å². The van der Waals surface area contributed by atoms with Crippen LogP contribution in [-0.4, -0.2) is 77.8 Å². The Morgan fingerprint density at radius 1 is 1.18 bits per heavy atom. The highest BCUT2D eigenvalue weighted by Crippen LogP contribution is 2.37. The van der Waals surface area contributed by atoms with Crippen LogP contribution in [0, 0.1) is 0 Å². The molecule has 0 spiro atoms. The summed E-state index contributed by atoms with van der Waals surface area (Å²) in [7, 11) is 2.08. The Labute approximate surface area is 171 Å². The van der Waals surface area contributed by atoms with Crippen molar-refractivity contribution in [3.05, 3.63) is 40.4 Å². The molecular formula is C21H28N4O2S. The van der Waals surface area contributed by atoms with Gasteiger partial charge >= 0.3 is 0 Å². The van der Waals surface area contributed by atoms with Gasteiger partial charge in [0.1, 0.15) is 5.37 Å². The number of hydrogen-bond acceptors (Lipinski definition) is 6. The van der Waals surface area contributed by atoms with Gasteiger partial charge in [0.25, 0.3) is 5.91 Å². The Bertz CT molecular complexity index is 795. The number of carbonyl (C=O) groups excluding carboxylic acids is 2. The maximum Gasteiger partial charge on any atom is 0.253 e. The van der Waals surface area contributed by atoms with E-state index >= 15 is 0 Å². The minimum atomic E-state index is 0.0237. The third-order valence-electron chi connectivity index (χ3n) is 5.22. The zero-order valence-corrected chi connectivity index (χ0v) is 17.8. The lowest BCUT2D eigenvalue weighted by molar-refractivity contribution is -0.113. The van der Waals surface area contributed by atoms with Gasteiger partial charge in [0, 0.05) is 50.2 Å². The molecule has 150 valence electrons. The number of hydrogen-bond donors (Lipinski definition) is 0. The van der Waals surface area contributed by atoms with Crippen LogP contribution in [0.4, 0.5) is 5.69 Å². The zero-order valence-electron chi connectivity index (χ0n) is 17.0. The number of amides is 1. The van der Waals surface area contributed by atoms with Crippen molar-refractivity contribution in [1.82, 2.24) is 14.7 Å². The molecule has 1 atom stereocenters. The number of likely N-dealkylation sites (N-methyl/N-ethyl adjacent to an activating group) is 1. The summed E-state index contributed by atoms with van der Waals surface area (Å²) in [6, 6.07) is 7.44. The van der Waals surface area contributed by atoms with Gasteiger partial charge < -0.3 is 14.7 Å². The number of thioether (sulfide) groups is 1. The standard InChI is InChI=1S/C21H28N4O2S/c1-5-25-15(2)20(16(3)26)28-19(25)14-22-18-8-6-17(7-9-18)21(27)24-12-10-23(4)11-13-24/h6-9,14,19H,5,10-13H2,1-4H3. The number of aliphatic imine (C=N–C) groups is 1. The lowest BCUT2D eigenvalue weighted by atomic mass is 10.1. The van der Waals surface area contributed by atoms with E-state index in [0.29, 0.717) is 5.56 Å². The van der Waals surface area contributed by atoms with Crippen LogP contribution in [0.25, 0.3) is 0 Å². The van der Waals surface area contributed by atoms with E-state index < -0.39 is 0 Å². The quantitative estimate of drug-likeness (QED) is 0.711. The number of carbonyl (C=O) groups is 2. The average molecular weight is 401 g/mol.